The monoisotopic (exact) mass is 715 g/mol. The predicted octanol–water partition coefficient (Wildman–Crippen LogP) is 6.52. The van der Waals surface area contributed by atoms with E-state index >= 15 is 0 Å². The fraction of sp³-hybridized carbons (Fsp3) is 0.310. The molecular weight excluding hydrogens is 684 g/mol. The van der Waals surface area contributed by atoms with E-state index in [9.17, 15) is 18.0 Å². The molecule has 3 aromatic rings. The third-order valence-corrected chi connectivity index (χ3v) is 9.39. The third kappa shape index (κ3) is 8.34. The molecule has 3 aromatic carbocycles. The maximum Gasteiger partial charge on any atom is 0.264 e. The van der Waals surface area contributed by atoms with Crippen molar-refractivity contribution in [1.29, 1.82) is 0 Å². The van der Waals surface area contributed by atoms with Crippen molar-refractivity contribution < 1.29 is 18.0 Å². The summed E-state index contributed by atoms with van der Waals surface area (Å²) in [5.41, 5.74) is 0.925. The van der Waals surface area contributed by atoms with Crippen LogP contribution < -0.4 is 9.62 Å². The number of rotatable bonds is 13. The Morgan fingerprint density at radius 1 is 0.975 bits per heavy atom. The van der Waals surface area contributed by atoms with Crippen LogP contribution in [0.15, 0.2) is 77.7 Å². The molecule has 0 bridgehead atoms. The number of hydrogen-bond acceptors (Lipinski definition) is 4. The number of sulfonamides is 1. The van der Waals surface area contributed by atoms with E-state index in [1.54, 1.807) is 60.7 Å². The van der Waals surface area contributed by atoms with Gasteiger partial charge in [0.15, 0.2) is 0 Å². The molecule has 0 aliphatic heterocycles. The Balaban J connectivity index is 2.04. The van der Waals surface area contributed by atoms with Gasteiger partial charge in [-0.2, -0.15) is 0 Å². The fourth-order valence-corrected chi connectivity index (χ4v) is 6.38. The molecule has 214 valence electrons. The lowest BCUT2D eigenvalue weighted by atomic mass is 10.1. The molecule has 2 amide bonds. The van der Waals surface area contributed by atoms with Crippen molar-refractivity contribution in [2.24, 2.45) is 0 Å². The van der Waals surface area contributed by atoms with Crippen molar-refractivity contribution in [2.45, 2.75) is 50.6 Å². The zero-order valence-corrected chi connectivity index (χ0v) is 26.8. The van der Waals surface area contributed by atoms with Gasteiger partial charge in [-0.05, 0) is 89.5 Å². The number of unbranched alkanes of at least 4 members (excludes halogenated alkanes) is 1. The van der Waals surface area contributed by atoms with E-state index in [-0.39, 0.29) is 17.3 Å². The minimum Gasteiger partial charge on any atom is -0.354 e. The molecule has 1 atom stereocenters. The van der Waals surface area contributed by atoms with Crippen LogP contribution in [-0.4, -0.2) is 44.3 Å². The molecule has 0 spiro atoms. The molecule has 0 saturated carbocycles. The Bertz CT molecular complexity index is 1410. The molecule has 0 heterocycles. The van der Waals surface area contributed by atoms with Crippen LogP contribution in [0.1, 0.15) is 38.7 Å². The third-order valence-electron chi connectivity index (χ3n) is 6.30. The maximum absolute atomic E-state index is 14.1. The van der Waals surface area contributed by atoms with Crippen LogP contribution in [0.3, 0.4) is 0 Å². The smallest absolute Gasteiger partial charge is 0.264 e. The summed E-state index contributed by atoms with van der Waals surface area (Å²) in [6.45, 7) is 3.80. The summed E-state index contributed by atoms with van der Waals surface area (Å²) in [7, 11) is -4.11. The summed E-state index contributed by atoms with van der Waals surface area (Å²) in [6, 6.07) is 18.9. The molecule has 0 aromatic heterocycles. The normalized spacial score (nSPS) is 12.0. The van der Waals surface area contributed by atoms with Crippen molar-refractivity contribution in [1.82, 2.24) is 10.2 Å². The van der Waals surface area contributed by atoms with Crippen LogP contribution in [-0.2, 0) is 26.2 Å². The van der Waals surface area contributed by atoms with Crippen LogP contribution in [0.25, 0.3) is 0 Å². The second kappa shape index (κ2) is 15.0. The number of nitrogens with one attached hydrogen (secondary N) is 1. The molecule has 1 unspecified atom stereocenters. The maximum atomic E-state index is 14.1. The number of carbonyl (C=O) groups is 2. The molecule has 3 rings (SSSR count). The highest BCUT2D eigenvalue weighted by Gasteiger charge is 2.33. The summed E-state index contributed by atoms with van der Waals surface area (Å²) in [5, 5.41) is 3.69. The number of nitrogens with zero attached hydrogens (tertiary/aromatic N) is 2. The topological polar surface area (TPSA) is 86.8 Å². The zero-order chi connectivity index (χ0) is 29.3. The van der Waals surface area contributed by atoms with Crippen LogP contribution in [0, 0.1) is 3.57 Å². The molecule has 0 radical (unpaired) electrons. The zero-order valence-electron chi connectivity index (χ0n) is 22.3. The van der Waals surface area contributed by atoms with Crippen molar-refractivity contribution in [3.63, 3.8) is 0 Å². The number of carbonyl (C=O) groups excluding carboxylic acids is 2. The van der Waals surface area contributed by atoms with Gasteiger partial charge in [-0.1, -0.05) is 67.7 Å². The van der Waals surface area contributed by atoms with Crippen molar-refractivity contribution in [3.05, 3.63) is 92.0 Å². The average Bonchev–Trinajstić information content (AvgIpc) is 2.93. The van der Waals surface area contributed by atoms with Crippen LogP contribution in [0.5, 0.6) is 0 Å². The molecule has 0 fully saturated rings. The summed E-state index contributed by atoms with van der Waals surface area (Å²) in [5.74, 6) is -0.845. The Hall–Kier alpha value is -2.34. The lowest BCUT2D eigenvalue weighted by Gasteiger charge is -2.33. The largest absolute Gasteiger partial charge is 0.354 e. The molecule has 40 heavy (non-hydrogen) atoms. The fourth-order valence-electron chi connectivity index (χ4n) is 4.11. The van der Waals surface area contributed by atoms with Gasteiger partial charge in [-0.25, -0.2) is 8.42 Å². The first-order valence-corrected chi connectivity index (χ1v) is 16.2. The van der Waals surface area contributed by atoms with E-state index in [1.807, 2.05) is 13.8 Å². The second-order valence-electron chi connectivity index (χ2n) is 9.13. The molecule has 11 heteroatoms. The quantitative estimate of drug-likeness (QED) is 0.161. The lowest BCUT2D eigenvalue weighted by molar-refractivity contribution is -0.140. The standard InChI is InChI=1S/C29H32Cl2IN3O4S/c1-3-5-17-33-29(37)27(4-2)34(19-21-11-12-22(30)18-26(21)31)28(36)20-35(24-15-13-23(32)14-16-24)40(38,39)25-9-7-6-8-10-25/h6-16,18,27H,3-5,17,19-20H2,1-2H3,(H,33,37). The molecule has 1 N–H and O–H groups in total. The van der Waals surface area contributed by atoms with E-state index < -0.39 is 28.5 Å². The number of hydrogen-bond donors (Lipinski definition) is 1. The van der Waals surface area contributed by atoms with Crippen LogP contribution in [0.2, 0.25) is 10.0 Å². The van der Waals surface area contributed by atoms with E-state index in [0.717, 1.165) is 20.7 Å². The highest BCUT2D eigenvalue weighted by molar-refractivity contribution is 14.1. The first-order chi connectivity index (χ1) is 19.1. The van der Waals surface area contributed by atoms with Gasteiger partial charge in [-0.15, -0.1) is 0 Å². The van der Waals surface area contributed by atoms with E-state index in [4.69, 9.17) is 23.2 Å². The van der Waals surface area contributed by atoms with Gasteiger partial charge in [0.1, 0.15) is 12.6 Å². The first-order valence-electron chi connectivity index (χ1n) is 12.9. The van der Waals surface area contributed by atoms with Gasteiger partial charge < -0.3 is 10.2 Å². The number of halogens is 3. The molecule has 0 aliphatic rings. The second-order valence-corrected chi connectivity index (χ2v) is 13.1. The summed E-state index contributed by atoms with van der Waals surface area (Å²) in [6.07, 6.45) is 2.03. The highest BCUT2D eigenvalue weighted by atomic mass is 127. The van der Waals surface area contributed by atoms with E-state index in [0.29, 0.717) is 34.3 Å². The Labute approximate surface area is 260 Å². The summed E-state index contributed by atoms with van der Waals surface area (Å²) in [4.78, 5) is 28.8. The van der Waals surface area contributed by atoms with Gasteiger partial charge in [0.25, 0.3) is 10.0 Å². The minimum atomic E-state index is -4.11. The molecule has 0 saturated heterocycles. The van der Waals surface area contributed by atoms with Gasteiger partial charge >= 0.3 is 0 Å². The summed E-state index contributed by atoms with van der Waals surface area (Å²) < 4.78 is 29.6. The summed E-state index contributed by atoms with van der Waals surface area (Å²) >= 11 is 14.7. The Morgan fingerprint density at radius 2 is 1.65 bits per heavy atom. The SMILES string of the molecule is CCCCNC(=O)C(CC)N(Cc1ccc(Cl)cc1Cl)C(=O)CN(c1ccc(I)cc1)S(=O)(=O)c1ccccc1. The van der Waals surface area contributed by atoms with E-state index in [1.165, 1.54) is 17.0 Å². The number of anilines is 1. The lowest BCUT2D eigenvalue weighted by Crippen LogP contribution is -2.52. The van der Waals surface area contributed by atoms with Crippen molar-refractivity contribution >= 4 is 73.3 Å². The van der Waals surface area contributed by atoms with Crippen LogP contribution in [0.4, 0.5) is 5.69 Å². The van der Waals surface area contributed by atoms with Gasteiger partial charge in [0.2, 0.25) is 11.8 Å². The predicted molar refractivity (Wildman–Crippen MR) is 169 cm³/mol. The molecule has 0 aliphatic carbocycles. The Morgan fingerprint density at radius 3 is 2.25 bits per heavy atom. The highest BCUT2D eigenvalue weighted by Crippen LogP contribution is 2.27. The average molecular weight is 716 g/mol. The number of benzene rings is 3. The van der Waals surface area contributed by atoms with Crippen molar-refractivity contribution in [2.75, 3.05) is 17.4 Å². The minimum absolute atomic E-state index is 0.000449. The van der Waals surface area contributed by atoms with Crippen LogP contribution >= 0.6 is 45.8 Å². The molecule has 7 nitrogen and oxygen atoms in total. The first kappa shape index (κ1) is 32.2. The molecular formula is C29H32Cl2IN3O4S. The van der Waals surface area contributed by atoms with Gasteiger partial charge in [0, 0.05) is 26.7 Å². The number of amides is 2. The van der Waals surface area contributed by atoms with E-state index in [2.05, 4.69) is 27.9 Å². The Kier molecular flexibility index (Phi) is 12.1. The van der Waals surface area contributed by atoms with Gasteiger partial charge in [-0.3, -0.25) is 13.9 Å². The van der Waals surface area contributed by atoms with Crippen molar-refractivity contribution in [3.8, 4) is 0 Å². The van der Waals surface area contributed by atoms with Gasteiger partial charge in [0.05, 0.1) is 10.6 Å².